The smallest absolute Gasteiger partial charge is 0.271 e. The van der Waals surface area contributed by atoms with Crippen LogP contribution in [-0.2, 0) is 0 Å². The number of rotatable bonds is 13. The van der Waals surface area contributed by atoms with Gasteiger partial charge < -0.3 is 4.74 Å². The van der Waals surface area contributed by atoms with E-state index in [1.165, 1.54) is 62.6 Å². The molecule has 7 nitrogen and oxygen atoms in total. The Morgan fingerprint density at radius 2 is 1.87 bits per heavy atom. The molecule has 0 saturated heterocycles. The number of amides is 1. The molecular weight excluding hydrogens is 418 g/mol. The number of ether oxygens (including phenoxy) is 1. The molecule has 0 fully saturated rings. The molecule has 0 saturated carbocycles. The molecule has 0 aliphatic rings. The third-order valence-electron chi connectivity index (χ3n) is 4.68. The van der Waals surface area contributed by atoms with Crippen LogP contribution in [0.4, 0.5) is 5.69 Å². The first-order valence-electron chi connectivity index (χ1n) is 10.5. The lowest BCUT2D eigenvalue weighted by molar-refractivity contribution is -0.384. The van der Waals surface area contributed by atoms with Gasteiger partial charge in [0.05, 0.1) is 22.8 Å². The molecule has 0 bridgehead atoms. The van der Waals surface area contributed by atoms with Gasteiger partial charge in [0.1, 0.15) is 5.75 Å². The summed E-state index contributed by atoms with van der Waals surface area (Å²) in [5.74, 6) is 0.138. The number of unbranched alkanes of at least 4 members (excludes halogenated alkanes) is 6. The number of non-ortho nitro benzene ring substituents is 1. The van der Waals surface area contributed by atoms with Gasteiger partial charge in [0.25, 0.3) is 11.6 Å². The molecule has 2 aromatic rings. The molecule has 8 heteroatoms. The van der Waals surface area contributed by atoms with Crippen molar-refractivity contribution in [1.29, 1.82) is 0 Å². The first-order valence-corrected chi connectivity index (χ1v) is 10.9. The molecular formula is C23H28ClN3O4. The van der Waals surface area contributed by atoms with Crippen molar-refractivity contribution in [3.05, 3.63) is 68.7 Å². The summed E-state index contributed by atoms with van der Waals surface area (Å²) >= 11 is 6.27. The predicted octanol–water partition coefficient (Wildman–Crippen LogP) is 6.14. The number of halogens is 1. The number of hydrogen-bond acceptors (Lipinski definition) is 5. The fraction of sp³-hybridized carbons (Fsp3) is 0.391. The van der Waals surface area contributed by atoms with E-state index in [4.69, 9.17) is 16.3 Å². The van der Waals surface area contributed by atoms with E-state index in [0.717, 1.165) is 12.8 Å². The normalized spacial score (nSPS) is 10.9. The highest BCUT2D eigenvalue weighted by molar-refractivity contribution is 6.33. The van der Waals surface area contributed by atoms with E-state index >= 15 is 0 Å². The molecule has 1 N–H and O–H groups in total. The highest BCUT2D eigenvalue weighted by Gasteiger charge is 2.10. The average Bonchev–Trinajstić information content (AvgIpc) is 2.77. The van der Waals surface area contributed by atoms with Gasteiger partial charge in [-0.05, 0) is 30.7 Å². The van der Waals surface area contributed by atoms with Gasteiger partial charge in [-0.2, -0.15) is 5.10 Å². The first-order chi connectivity index (χ1) is 15.0. The third-order valence-corrected chi connectivity index (χ3v) is 5.00. The van der Waals surface area contributed by atoms with Crippen molar-refractivity contribution >= 4 is 29.4 Å². The number of nitrogens with zero attached hydrogens (tertiary/aromatic N) is 2. The maximum Gasteiger partial charge on any atom is 0.271 e. The topological polar surface area (TPSA) is 93.8 Å². The molecule has 0 aliphatic carbocycles. The van der Waals surface area contributed by atoms with Crippen LogP contribution in [0.2, 0.25) is 5.02 Å². The molecule has 0 atom stereocenters. The van der Waals surface area contributed by atoms with Crippen molar-refractivity contribution in [1.82, 2.24) is 5.43 Å². The van der Waals surface area contributed by atoms with Crippen LogP contribution in [0.5, 0.6) is 5.75 Å². The summed E-state index contributed by atoms with van der Waals surface area (Å²) in [6, 6.07) is 10.7. The van der Waals surface area contributed by atoms with Crippen molar-refractivity contribution in [3.63, 3.8) is 0 Å². The second-order valence-electron chi connectivity index (χ2n) is 7.16. The van der Waals surface area contributed by atoms with Crippen LogP contribution in [0.1, 0.15) is 67.8 Å². The van der Waals surface area contributed by atoms with Gasteiger partial charge >= 0.3 is 0 Å². The zero-order valence-corrected chi connectivity index (χ0v) is 18.4. The van der Waals surface area contributed by atoms with Crippen molar-refractivity contribution in [2.24, 2.45) is 5.10 Å². The second kappa shape index (κ2) is 13.4. The molecule has 0 unspecified atom stereocenters. The number of carbonyl (C=O) groups is 1. The zero-order valence-electron chi connectivity index (χ0n) is 17.7. The van der Waals surface area contributed by atoms with E-state index < -0.39 is 10.8 Å². The van der Waals surface area contributed by atoms with Crippen LogP contribution in [-0.4, -0.2) is 23.7 Å². The van der Waals surface area contributed by atoms with Gasteiger partial charge in [-0.3, -0.25) is 14.9 Å². The van der Waals surface area contributed by atoms with Gasteiger partial charge in [-0.15, -0.1) is 0 Å². The summed E-state index contributed by atoms with van der Waals surface area (Å²) in [5, 5.41) is 15.1. The second-order valence-corrected chi connectivity index (χ2v) is 7.57. The Kier molecular flexibility index (Phi) is 10.5. The summed E-state index contributed by atoms with van der Waals surface area (Å²) in [5.41, 5.74) is 2.94. The summed E-state index contributed by atoms with van der Waals surface area (Å²) in [6.07, 6.45) is 9.98. The van der Waals surface area contributed by atoms with E-state index in [1.807, 2.05) is 0 Å². The number of benzene rings is 2. The molecule has 0 heterocycles. The van der Waals surface area contributed by atoms with Crippen molar-refractivity contribution in [3.8, 4) is 5.75 Å². The standard InChI is InChI=1S/C23H28ClN3O4/c1-2-3-4-5-6-7-8-14-31-21-13-12-19(22(24)16-21)17-25-26-23(28)18-10-9-11-20(15-18)27(29)30/h9-13,15-17H,2-8,14H2,1H3,(H,26,28)/b25-17+. The Bertz CT molecular complexity index is 902. The predicted molar refractivity (Wildman–Crippen MR) is 123 cm³/mol. The Labute approximate surface area is 187 Å². The maximum atomic E-state index is 12.1. The van der Waals surface area contributed by atoms with Gasteiger partial charge in [-0.1, -0.05) is 63.1 Å². The summed E-state index contributed by atoms with van der Waals surface area (Å²) < 4.78 is 5.75. The molecule has 2 rings (SSSR count). The van der Waals surface area contributed by atoms with Crippen molar-refractivity contribution in [2.45, 2.75) is 51.9 Å². The van der Waals surface area contributed by atoms with Gasteiger partial charge in [0, 0.05) is 23.3 Å². The third kappa shape index (κ3) is 8.76. The molecule has 166 valence electrons. The van der Waals surface area contributed by atoms with Gasteiger partial charge in [0.2, 0.25) is 0 Å². The van der Waals surface area contributed by atoms with E-state index in [1.54, 1.807) is 18.2 Å². The van der Waals surface area contributed by atoms with E-state index in [-0.39, 0.29) is 11.3 Å². The first kappa shape index (κ1) is 24.3. The highest BCUT2D eigenvalue weighted by Crippen LogP contribution is 2.22. The molecule has 0 aliphatic heterocycles. The van der Waals surface area contributed by atoms with Crippen molar-refractivity contribution in [2.75, 3.05) is 6.61 Å². The molecule has 1 amide bonds. The lowest BCUT2D eigenvalue weighted by atomic mass is 10.1. The Balaban J connectivity index is 1.78. The molecule has 0 spiro atoms. The highest BCUT2D eigenvalue weighted by atomic mass is 35.5. The monoisotopic (exact) mass is 445 g/mol. The largest absolute Gasteiger partial charge is 0.494 e. The Morgan fingerprint density at radius 3 is 2.58 bits per heavy atom. The maximum absolute atomic E-state index is 12.1. The number of nitro benzene ring substituents is 1. The summed E-state index contributed by atoms with van der Waals surface area (Å²) in [6.45, 7) is 2.86. The number of hydrazone groups is 1. The van der Waals surface area contributed by atoms with Crippen LogP contribution >= 0.6 is 11.6 Å². The van der Waals surface area contributed by atoms with Gasteiger partial charge in [0.15, 0.2) is 0 Å². The Morgan fingerprint density at radius 1 is 1.13 bits per heavy atom. The van der Waals surface area contributed by atoms with Crippen LogP contribution in [0, 0.1) is 10.1 Å². The number of hydrogen-bond donors (Lipinski definition) is 1. The number of nitro groups is 1. The number of nitrogens with one attached hydrogen (secondary N) is 1. The van der Waals surface area contributed by atoms with E-state index in [2.05, 4.69) is 17.5 Å². The van der Waals surface area contributed by atoms with Crippen LogP contribution in [0.3, 0.4) is 0 Å². The molecule has 0 aromatic heterocycles. The summed E-state index contributed by atoms with van der Waals surface area (Å²) in [4.78, 5) is 22.3. The molecule has 31 heavy (non-hydrogen) atoms. The quantitative estimate of drug-likeness (QED) is 0.173. The zero-order chi connectivity index (χ0) is 22.5. The minimum absolute atomic E-state index is 0.145. The fourth-order valence-electron chi connectivity index (χ4n) is 2.94. The Hall–Kier alpha value is -2.93. The van der Waals surface area contributed by atoms with Crippen LogP contribution in [0.15, 0.2) is 47.6 Å². The minimum atomic E-state index is -0.558. The van der Waals surface area contributed by atoms with E-state index in [0.29, 0.717) is 22.9 Å². The fourth-order valence-corrected chi connectivity index (χ4v) is 3.16. The molecule has 2 aromatic carbocycles. The average molecular weight is 446 g/mol. The van der Waals surface area contributed by atoms with Gasteiger partial charge in [-0.25, -0.2) is 5.43 Å². The lowest BCUT2D eigenvalue weighted by Crippen LogP contribution is -2.17. The lowest BCUT2D eigenvalue weighted by Gasteiger charge is -2.08. The summed E-state index contributed by atoms with van der Waals surface area (Å²) in [7, 11) is 0. The minimum Gasteiger partial charge on any atom is -0.494 e. The van der Waals surface area contributed by atoms with Crippen LogP contribution in [0.25, 0.3) is 0 Å². The van der Waals surface area contributed by atoms with Crippen LogP contribution < -0.4 is 10.2 Å². The molecule has 0 radical (unpaired) electrons. The van der Waals surface area contributed by atoms with E-state index in [9.17, 15) is 14.9 Å². The number of carbonyl (C=O) groups excluding carboxylic acids is 1. The van der Waals surface area contributed by atoms with Crippen molar-refractivity contribution < 1.29 is 14.5 Å². The SMILES string of the molecule is CCCCCCCCCOc1ccc(/C=N/NC(=O)c2cccc([N+](=O)[O-])c2)c(Cl)c1.